The van der Waals surface area contributed by atoms with E-state index in [-0.39, 0.29) is 6.04 Å². The molecule has 0 aliphatic carbocycles. The zero-order valence-electron chi connectivity index (χ0n) is 10.5. The molecule has 1 rings (SSSR count). The highest BCUT2D eigenvalue weighted by molar-refractivity contribution is 9.10. The van der Waals surface area contributed by atoms with E-state index < -0.39 is 11.6 Å². The van der Waals surface area contributed by atoms with Crippen LogP contribution >= 0.6 is 15.9 Å². The molecule has 1 aromatic carbocycles. The maximum absolute atomic E-state index is 11.2. The molecule has 0 aliphatic heterocycles. The normalized spacial score (nSPS) is 13.2. The molecule has 1 atom stereocenters. The van der Waals surface area contributed by atoms with Crippen molar-refractivity contribution in [2.75, 3.05) is 0 Å². The van der Waals surface area contributed by atoms with Gasteiger partial charge in [0.2, 0.25) is 0 Å². The van der Waals surface area contributed by atoms with Crippen LogP contribution in [0.5, 0.6) is 0 Å². The monoisotopic (exact) mass is 298 g/mol. The Morgan fingerprint density at radius 2 is 1.76 bits per heavy atom. The Morgan fingerprint density at radius 1 is 1.29 bits per heavy atom. The van der Waals surface area contributed by atoms with Crippen molar-refractivity contribution in [3.8, 4) is 0 Å². The Bertz CT molecular complexity index is 395. The molecule has 0 saturated heterocycles. The SMILES string of the molecule is CC(c1ccc(Br)cc1)N(C(=O)[O-])C(C)(C)C. The Kier molecular flexibility index (Phi) is 4.20. The van der Waals surface area contributed by atoms with Crippen LogP contribution in [0.15, 0.2) is 28.7 Å². The summed E-state index contributed by atoms with van der Waals surface area (Å²) in [6.07, 6.45) is -1.15. The van der Waals surface area contributed by atoms with E-state index in [4.69, 9.17) is 0 Å². The van der Waals surface area contributed by atoms with Crippen LogP contribution in [0.3, 0.4) is 0 Å². The lowest BCUT2D eigenvalue weighted by Gasteiger charge is -2.42. The average molecular weight is 299 g/mol. The second-order valence-electron chi connectivity index (χ2n) is 5.03. The van der Waals surface area contributed by atoms with Crippen molar-refractivity contribution >= 4 is 22.0 Å². The molecule has 1 amide bonds. The molecule has 0 aliphatic rings. The molecule has 0 N–H and O–H groups in total. The summed E-state index contributed by atoms with van der Waals surface area (Å²) in [4.78, 5) is 12.6. The number of hydrogen-bond donors (Lipinski definition) is 0. The molecule has 0 saturated carbocycles. The zero-order valence-corrected chi connectivity index (χ0v) is 12.1. The van der Waals surface area contributed by atoms with Gasteiger partial charge in [-0.3, -0.25) is 0 Å². The molecular weight excluding hydrogens is 282 g/mol. The minimum atomic E-state index is -1.15. The smallest absolute Gasteiger partial charge is 0.137 e. The summed E-state index contributed by atoms with van der Waals surface area (Å²) in [5, 5.41) is 11.2. The highest BCUT2D eigenvalue weighted by atomic mass is 79.9. The van der Waals surface area contributed by atoms with Gasteiger partial charge in [-0.15, -0.1) is 0 Å². The molecule has 17 heavy (non-hydrogen) atoms. The third-order valence-corrected chi connectivity index (χ3v) is 3.19. The van der Waals surface area contributed by atoms with Crippen molar-refractivity contribution in [1.29, 1.82) is 0 Å². The topological polar surface area (TPSA) is 43.4 Å². The number of nitrogens with zero attached hydrogens (tertiary/aromatic N) is 1. The van der Waals surface area contributed by atoms with E-state index in [1.807, 2.05) is 52.0 Å². The van der Waals surface area contributed by atoms with Crippen molar-refractivity contribution in [2.24, 2.45) is 0 Å². The van der Waals surface area contributed by atoms with Gasteiger partial charge in [0.05, 0.1) is 6.04 Å². The first-order chi connectivity index (χ1) is 7.73. The van der Waals surface area contributed by atoms with Gasteiger partial charge in [-0.05, 0) is 45.4 Å². The summed E-state index contributed by atoms with van der Waals surface area (Å²) in [5.74, 6) is 0. The Balaban J connectivity index is 3.04. The number of halogens is 1. The van der Waals surface area contributed by atoms with Gasteiger partial charge < -0.3 is 14.8 Å². The summed E-state index contributed by atoms with van der Waals surface area (Å²) in [7, 11) is 0. The van der Waals surface area contributed by atoms with E-state index in [1.54, 1.807) is 0 Å². The Hall–Kier alpha value is -1.03. The largest absolute Gasteiger partial charge is 0.530 e. The van der Waals surface area contributed by atoms with Crippen LogP contribution in [0.1, 0.15) is 39.3 Å². The van der Waals surface area contributed by atoms with Gasteiger partial charge >= 0.3 is 0 Å². The first-order valence-corrected chi connectivity index (χ1v) is 6.28. The predicted molar refractivity (Wildman–Crippen MR) is 69.5 cm³/mol. The molecule has 0 radical (unpaired) electrons. The number of carbonyl (C=O) groups excluding carboxylic acids is 1. The van der Waals surface area contributed by atoms with Gasteiger partial charge in [0.1, 0.15) is 6.09 Å². The van der Waals surface area contributed by atoms with E-state index in [2.05, 4.69) is 15.9 Å². The van der Waals surface area contributed by atoms with E-state index in [0.29, 0.717) is 0 Å². The van der Waals surface area contributed by atoms with Crippen LogP contribution in [0.4, 0.5) is 4.79 Å². The maximum atomic E-state index is 11.2. The Labute approximate surface area is 111 Å². The third-order valence-electron chi connectivity index (χ3n) is 2.66. The number of hydrogen-bond acceptors (Lipinski definition) is 2. The molecule has 0 heterocycles. The molecular formula is C13H17BrNO2-. The molecule has 3 nitrogen and oxygen atoms in total. The zero-order chi connectivity index (χ0) is 13.2. The number of amides is 1. The van der Waals surface area contributed by atoms with Crippen LogP contribution in [-0.4, -0.2) is 16.5 Å². The number of benzene rings is 1. The summed E-state index contributed by atoms with van der Waals surface area (Å²) < 4.78 is 0.976. The fraction of sp³-hybridized carbons (Fsp3) is 0.462. The van der Waals surface area contributed by atoms with E-state index in [9.17, 15) is 9.90 Å². The van der Waals surface area contributed by atoms with E-state index in [1.165, 1.54) is 4.90 Å². The lowest BCUT2D eigenvalue weighted by molar-refractivity contribution is -0.273. The van der Waals surface area contributed by atoms with Crippen molar-refractivity contribution in [3.05, 3.63) is 34.3 Å². The van der Waals surface area contributed by atoms with Gasteiger partial charge in [-0.1, -0.05) is 28.1 Å². The van der Waals surface area contributed by atoms with E-state index in [0.717, 1.165) is 10.0 Å². The van der Waals surface area contributed by atoms with Gasteiger partial charge in [0.25, 0.3) is 0 Å². The molecule has 0 fully saturated rings. The predicted octanol–water partition coefficient (Wildman–Crippen LogP) is 2.95. The third kappa shape index (κ3) is 3.46. The fourth-order valence-corrected chi connectivity index (χ4v) is 2.17. The van der Waals surface area contributed by atoms with Crippen LogP contribution < -0.4 is 5.11 Å². The minimum Gasteiger partial charge on any atom is -0.530 e. The average Bonchev–Trinajstić information content (AvgIpc) is 2.15. The van der Waals surface area contributed by atoms with Crippen LogP contribution in [-0.2, 0) is 0 Å². The fourth-order valence-electron chi connectivity index (χ4n) is 1.90. The van der Waals surface area contributed by atoms with Gasteiger partial charge in [-0.25, -0.2) is 0 Å². The molecule has 1 aromatic rings. The molecule has 0 aromatic heterocycles. The number of carboxylic acid groups (broad SMARTS) is 1. The number of carbonyl (C=O) groups is 1. The van der Waals surface area contributed by atoms with Crippen molar-refractivity contribution in [2.45, 2.75) is 39.3 Å². The Morgan fingerprint density at radius 3 is 2.12 bits per heavy atom. The summed E-state index contributed by atoms with van der Waals surface area (Å²) in [6.45, 7) is 7.44. The van der Waals surface area contributed by atoms with Crippen LogP contribution in [0.25, 0.3) is 0 Å². The molecule has 94 valence electrons. The standard InChI is InChI=1S/C13H18BrNO2/c1-9(10-5-7-11(14)8-6-10)15(12(16)17)13(2,3)4/h5-9H,1-4H3,(H,16,17)/p-1. The second kappa shape index (κ2) is 5.08. The van der Waals surface area contributed by atoms with Crippen LogP contribution in [0.2, 0.25) is 0 Å². The van der Waals surface area contributed by atoms with Gasteiger partial charge in [0, 0.05) is 10.0 Å². The molecule has 0 spiro atoms. The molecule has 0 bridgehead atoms. The van der Waals surface area contributed by atoms with Crippen LogP contribution in [0, 0.1) is 0 Å². The van der Waals surface area contributed by atoms with Crippen molar-refractivity contribution < 1.29 is 9.90 Å². The van der Waals surface area contributed by atoms with Crippen molar-refractivity contribution in [3.63, 3.8) is 0 Å². The lowest BCUT2D eigenvalue weighted by Crippen LogP contribution is -2.52. The first-order valence-electron chi connectivity index (χ1n) is 5.49. The summed E-state index contributed by atoms with van der Waals surface area (Å²) in [5.41, 5.74) is 0.470. The summed E-state index contributed by atoms with van der Waals surface area (Å²) in [6, 6.07) is 7.41. The quantitative estimate of drug-likeness (QED) is 0.842. The second-order valence-corrected chi connectivity index (χ2v) is 5.95. The molecule has 4 heteroatoms. The number of rotatable bonds is 2. The highest BCUT2D eigenvalue weighted by Crippen LogP contribution is 2.28. The maximum Gasteiger partial charge on any atom is 0.137 e. The summed E-state index contributed by atoms with van der Waals surface area (Å²) >= 11 is 3.36. The van der Waals surface area contributed by atoms with Crippen molar-refractivity contribution in [1.82, 2.24) is 4.90 Å². The van der Waals surface area contributed by atoms with E-state index >= 15 is 0 Å². The molecule has 1 unspecified atom stereocenters. The lowest BCUT2D eigenvalue weighted by atomic mass is 10.00. The van der Waals surface area contributed by atoms with Gasteiger partial charge in [-0.2, -0.15) is 0 Å². The first kappa shape index (κ1) is 14.0. The van der Waals surface area contributed by atoms with Gasteiger partial charge in [0.15, 0.2) is 0 Å². The highest BCUT2D eigenvalue weighted by Gasteiger charge is 2.26. The minimum absolute atomic E-state index is 0.229.